The summed E-state index contributed by atoms with van der Waals surface area (Å²) < 4.78 is 5.98. The quantitative estimate of drug-likeness (QED) is 0.821. The van der Waals surface area contributed by atoms with Gasteiger partial charge in [0.25, 0.3) is 5.91 Å². The number of ether oxygens (including phenoxy) is 1. The molecule has 2 aliphatic heterocycles. The van der Waals surface area contributed by atoms with Crippen LogP contribution < -0.4 is 15.4 Å². The molecule has 0 spiro atoms. The number of nitrogens with one attached hydrogen (secondary N) is 2. The van der Waals surface area contributed by atoms with E-state index in [1.807, 2.05) is 18.2 Å². The Kier molecular flexibility index (Phi) is 3.19. The first-order valence-corrected chi connectivity index (χ1v) is 6.61. The van der Waals surface area contributed by atoms with E-state index in [1.165, 1.54) is 0 Å². The van der Waals surface area contributed by atoms with Gasteiger partial charge in [-0.3, -0.25) is 4.79 Å². The standard InChI is InChI=1S/C14H18N2O2/c17-14-13-2-1-12(9-10(13)3-8-16-14)18-11-4-6-15-7-5-11/h1-2,9,11,15H,3-8H2,(H,16,17). The third-order valence-corrected chi connectivity index (χ3v) is 3.59. The second-order valence-electron chi connectivity index (χ2n) is 4.89. The van der Waals surface area contributed by atoms with Gasteiger partial charge in [-0.2, -0.15) is 0 Å². The van der Waals surface area contributed by atoms with Crippen molar-refractivity contribution in [2.24, 2.45) is 0 Å². The van der Waals surface area contributed by atoms with Crippen molar-refractivity contribution >= 4 is 5.91 Å². The van der Waals surface area contributed by atoms with E-state index in [4.69, 9.17) is 4.74 Å². The average molecular weight is 246 g/mol. The number of hydrogen-bond acceptors (Lipinski definition) is 3. The summed E-state index contributed by atoms with van der Waals surface area (Å²) in [7, 11) is 0. The highest BCUT2D eigenvalue weighted by atomic mass is 16.5. The molecule has 18 heavy (non-hydrogen) atoms. The molecule has 2 N–H and O–H groups in total. The molecular weight excluding hydrogens is 228 g/mol. The molecule has 1 saturated heterocycles. The Labute approximate surface area is 107 Å². The Bertz CT molecular complexity index is 453. The van der Waals surface area contributed by atoms with Crippen LogP contribution in [0.2, 0.25) is 0 Å². The average Bonchev–Trinajstić information content (AvgIpc) is 2.40. The Morgan fingerprint density at radius 3 is 2.83 bits per heavy atom. The Hall–Kier alpha value is -1.55. The number of fused-ring (bicyclic) bond motifs is 1. The molecule has 0 atom stereocenters. The van der Waals surface area contributed by atoms with E-state index < -0.39 is 0 Å². The topological polar surface area (TPSA) is 50.4 Å². The van der Waals surface area contributed by atoms with Gasteiger partial charge in [0.05, 0.1) is 0 Å². The van der Waals surface area contributed by atoms with Crippen LogP contribution in [0.1, 0.15) is 28.8 Å². The lowest BCUT2D eigenvalue weighted by atomic mass is 10.00. The van der Waals surface area contributed by atoms with Crippen molar-refractivity contribution in [3.05, 3.63) is 29.3 Å². The fourth-order valence-electron chi connectivity index (χ4n) is 2.58. The smallest absolute Gasteiger partial charge is 0.251 e. The van der Waals surface area contributed by atoms with E-state index >= 15 is 0 Å². The molecular formula is C14H18N2O2. The fourth-order valence-corrected chi connectivity index (χ4v) is 2.58. The van der Waals surface area contributed by atoms with Crippen LogP contribution in [0, 0.1) is 0 Å². The van der Waals surface area contributed by atoms with E-state index in [1.54, 1.807) is 0 Å². The molecule has 0 aromatic heterocycles. The van der Waals surface area contributed by atoms with Crippen molar-refractivity contribution in [2.45, 2.75) is 25.4 Å². The van der Waals surface area contributed by atoms with Crippen LogP contribution in [-0.2, 0) is 6.42 Å². The molecule has 4 nitrogen and oxygen atoms in total. The van der Waals surface area contributed by atoms with Gasteiger partial charge in [0.15, 0.2) is 0 Å². The van der Waals surface area contributed by atoms with Crippen LogP contribution in [0.25, 0.3) is 0 Å². The molecule has 96 valence electrons. The first-order chi connectivity index (χ1) is 8.83. The van der Waals surface area contributed by atoms with E-state index in [2.05, 4.69) is 10.6 Å². The highest BCUT2D eigenvalue weighted by molar-refractivity contribution is 5.96. The van der Waals surface area contributed by atoms with Gasteiger partial charge in [0.2, 0.25) is 0 Å². The molecule has 0 bridgehead atoms. The number of amides is 1. The molecule has 1 aromatic carbocycles. The summed E-state index contributed by atoms with van der Waals surface area (Å²) in [4.78, 5) is 11.6. The zero-order valence-corrected chi connectivity index (χ0v) is 10.4. The Balaban J connectivity index is 1.75. The highest BCUT2D eigenvalue weighted by Crippen LogP contribution is 2.23. The van der Waals surface area contributed by atoms with Crippen LogP contribution >= 0.6 is 0 Å². The summed E-state index contributed by atoms with van der Waals surface area (Å²) in [5.74, 6) is 0.931. The first kappa shape index (κ1) is 11.5. The van der Waals surface area contributed by atoms with Crippen molar-refractivity contribution < 1.29 is 9.53 Å². The lowest BCUT2D eigenvalue weighted by Gasteiger charge is -2.25. The Morgan fingerprint density at radius 1 is 1.17 bits per heavy atom. The first-order valence-electron chi connectivity index (χ1n) is 6.61. The molecule has 1 fully saturated rings. The van der Waals surface area contributed by atoms with E-state index in [9.17, 15) is 4.79 Å². The largest absolute Gasteiger partial charge is 0.490 e. The molecule has 0 saturated carbocycles. The summed E-state index contributed by atoms with van der Waals surface area (Å²) in [6, 6.07) is 5.81. The molecule has 1 amide bonds. The van der Waals surface area contributed by atoms with Crippen LogP contribution in [0.15, 0.2) is 18.2 Å². The zero-order chi connectivity index (χ0) is 12.4. The molecule has 0 radical (unpaired) electrons. The maximum atomic E-state index is 11.6. The third-order valence-electron chi connectivity index (χ3n) is 3.59. The third kappa shape index (κ3) is 2.34. The molecule has 4 heteroatoms. The number of benzene rings is 1. The Morgan fingerprint density at radius 2 is 2.00 bits per heavy atom. The number of piperidine rings is 1. The van der Waals surface area contributed by atoms with Gasteiger partial charge in [-0.15, -0.1) is 0 Å². The lowest BCUT2D eigenvalue weighted by molar-refractivity contribution is 0.0946. The maximum Gasteiger partial charge on any atom is 0.251 e. The van der Waals surface area contributed by atoms with E-state index in [-0.39, 0.29) is 5.91 Å². The van der Waals surface area contributed by atoms with Gasteiger partial charge in [-0.25, -0.2) is 0 Å². The van der Waals surface area contributed by atoms with Gasteiger partial charge >= 0.3 is 0 Å². The number of hydrogen-bond donors (Lipinski definition) is 2. The monoisotopic (exact) mass is 246 g/mol. The van der Waals surface area contributed by atoms with E-state index in [0.717, 1.165) is 55.8 Å². The number of carbonyl (C=O) groups excluding carboxylic acids is 1. The van der Waals surface area contributed by atoms with Crippen molar-refractivity contribution in [1.29, 1.82) is 0 Å². The molecule has 2 aliphatic rings. The maximum absolute atomic E-state index is 11.6. The van der Waals surface area contributed by atoms with Gasteiger partial charge in [-0.05, 0) is 56.1 Å². The van der Waals surface area contributed by atoms with Crippen molar-refractivity contribution in [3.63, 3.8) is 0 Å². The van der Waals surface area contributed by atoms with Gasteiger partial charge in [0.1, 0.15) is 11.9 Å². The highest BCUT2D eigenvalue weighted by Gasteiger charge is 2.19. The van der Waals surface area contributed by atoms with Crippen LogP contribution in [0.5, 0.6) is 5.75 Å². The van der Waals surface area contributed by atoms with Crippen LogP contribution in [0.3, 0.4) is 0 Å². The zero-order valence-electron chi connectivity index (χ0n) is 10.4. The summed E-state index contributed by atoms with van der Waals surface area (Å²) in [5, 5.41) is 6.17. The normalized spacial score (nSPS) is 20.1. The van der Waals surface area contributed by atoms with Crippen molar-refractivity contribution in [3.8, 4) is 5.75 Å². The van der Waals surface area contributed by atoms with Gasteiger partial charge < -0.3 is 15.4 Å². The van der Waals surface area contributed by atoms with Crippen molar-refractivity contribution in [2.75, 3.05) is 19.6 Å². The second kappa shape index (κ2) is 4.98. The minimum Gasteiger partial charge on any atom is -0.490 e. The SMILES string of the molecule is O=C1NCCc2cc(OC3CCNCC3)ccc21. The molecule has 3 rings (SSSR count). The van der Waals surface area contributed by atoms with Crippen molar-refractivity contribution in [1.82, 2.24) is 10.6 Å². The summed E-state index contributed by atoms with van der Waals surface area (Å²) in [6.07, 6.45) is 3.31. The second-order valence-corrected chi connectivity index (χ2v) is 4.89. The van der Waals surface area contributed by atoms with E-state index in [0.29, 0.717) is 6.10 Å². The molecule has 2 heterocycles. The predicted molar refractivity (Wildman–Crippen MR) is 69.0 cm³/mol. The number of rotatable bonds is 2. The molecule has 0 aliphatic carbocycles. The van der Waals surface area contributed by atoms with Crippen LogP contribution in [0.4, 0.5) is 0 Å². The molecule has 0 unspecified atom stereocenters. The fraction of sp³-hybridized carbons (Fsp3) is 0.500. The lowest BCUT2D eigenvalue weighted by Crippen LogP contribution is -2.34. The van der Waals surface area contributed by atoms with Crippen LogP contribution in [-0.4, -0.2) is 31.6 Å². The minimum atomic E-state index is 0.0321. The predicted octanol–water partition coefficient (Wildman–Crippen LogP) is 1.10. The van der Waals surface area contributed by atoms with Gasteiger partial charge in [0, 0.05) is 12.1 Å². The number of carbonyl (C=O) groups is 1. The minimum absolute atomic E-state index is 0.0321. The summed E-state index contributed by atoms with van der Waals surface area (Å²) in [6.45, 7) is 2.78. The van der Waals surface area contributed by atoms with Gasteiger partial charge in [-0.1, -0.05) is 0 Å². The molecule has 1 aromatic rings. The summed E-state index contributed by atoms with van der Waals surface area (Å²) >= 11 is 0. The summed E-state index contributed by atoms with van der Waals surface area (Å²) in [5.41, 5.74) is 1.89.